The molecule has 118 valence electrons. The Bertz CT molecular complexity index is 771. The lowest BCUT2D eigenvalue weighted by atomic mass is 10.1. The van der Waals surface area contributed by atoms with Gasteiger partial charge in [-0.05, 0) is 55.3 Å². The van der Waals surface area contributed by atoms with Crippen LogP contribution in [0.4, 0.5) is 15.8 Å². The van der Waals surface area contributed by atoms with Gasteiger partial charge in [-0.15, -0.1) is 0 Å². The zero-order valence-corrected chi connectivity index (χ0v) is 13.0. The zero-order chi connectivity index (χ0) is 16.6. The number of carbonyl (C=O) groups is 2. The Morgan fingerprint density at radius 2 is 1.78 bits per heavy atom. The van der Waals surface area contributed by atoms with Crippen LogP contribution in [0.5, 0.6) is 0 Å². The number of aryl methyl sites for hydroxylation is 1. The number of amides is 2. The Labute approximate surface area is 133 Å². The summed E-state index contributed by atoms with van der Waals surface area (Å²) < 4.78 is 13.0. The number of imide groups is 1. The molecule has 1 unspecified atom stereocenters. The van der Waals surface area contributed by atoms with Crippen molar-refractivity contribution < 1.29 is 14.0 Å². The average molecular weight is 312 g/mol. The summed E-state index contributed by atoms with van der Waals surface area (Å²) in [7, 11) is 0. The normalized spacial score (nSPS) is 17.7. The van der Waals surface area contributed by atoms with Crippen molar-refractivity contribution in [1.29, 1.82) is 0 Å². The maximum absolute atomic E-state index is 13.0. The van der Waals surface area contributed by atoms with Crippen molar-refractivity contribution in [3.05, 3.63) is 59.4 Å². The van der Waals surface area contributed by atoms with Crippen molar-refractivity contribution in [3.8, 4) is 0 Å². The van der Waals surface area contributed by atoms with Gasteiger partial charge in [0.05, 0.1) is 12.1 Å². The Morgan fingerprint density at radius 1 is 1.09 bits per heavy atom. The van der Waals surface area contributed by atoms with Crippen molar-refractivity contribution >= 4 is 23.2 Å². The van der Waals surface area contributed by atoms with Gasteiger partial charge in [0.25, 0.3) is 5.91 Å². The van der Waals surface area contributed by atoms with Crippen LogP contribution in [-0.2, 0) is 9.59 Å². The smallest absolute Gasteiger partial charge is 0.256 e. The number of anilines is 2. The molecule has 2 aromatic carbocycles. The first-order valence-electron chi connectivity index (χ1n) is 7.42. The van der Waals surface area contributed by atoms with Crippen LogP contribution in [0.3, 0.4) is 0 Å². The van der Waals surface area contributed by atoms with Crippen LogP contribution in [0.25, 0.3) is 0 Å². The molecule has 1 saturated heterocycles. The summed E-state index contributed by atoms with van der Waals surface area (Å²) in [5.41, 5.74) is 3.40. The van der Waals surface area contributed by atoms with Gasteiger partial charge in [-0.2, -0.15) is 0 Å². The third-order valence-electron chi connectivity index (χ3n) is 4.17. The molecule has 0 saturated carbocycles. The Hall–Kier alpha value is -2.69. The largest absolute Gasteiger partial charge is 0.373 e. The van der Waals surface area contributed by atoms with Crippen molar-refractivity contribution in [1.82, 2.24) is 0 Å². The van der Waals surface area contributed by atoms with Crippen LogP contribution in [0.15, 0.2) is 42.5 Å². The molecule has 5 heteroatoms. The molecule has 23 heavy (non-hydrogen) atoms. The highest BCUT2D eigenvalue weighted by molar-refractivity contribution is 6.23. The third kappa shape index (κ3) is 2.82. The molecule has 0 aromatic heterocycles. The molecular weight excluding hydrogens is 295 g/mol. The second kappa shape index (κ2) is 5.83. The second-order valence-electron chi connectivity index (χ2n) is 5.69. The number of nitrogens with one attached hydrogen (secondary N) is 1. The number of halogens is 1. The van der Waals surface area contributed by atoms with E-state index in [-0.39, 0.29) is 18.2 Å². The summed E-state index contributed by atoms with van der Waals surface area (Å²) in [6, 6.07) is 10.5. The van der Waals surface area contributed by atoms with E-state index in [4.69, 9.17) is 0 Å². The summed E-state index contributed by atoms with van der Waals surface area (Å²) in [6.07, 6.45) is 0.0869. The number of hydrogen-bond acceptors (Lipinski definition) is 3. The Morgan fingerprint density at radius 3 is 2.48 bits per heavy atom. The number of carbonyl (C=O) groups excluding carboxylic acids is 2. The second-order valence-corrected chi connectivity index (χ2v) is 5.69. The van der Waals surface area contributed by atoms with Gasteiger partial charge in [0.2, 0.25) is 5.91 Å². The fourth-order valence-electron chi connectivity index (χ4n) is 2.70. The van der Waals surface area contributed by atoms with Crippen LogP contribution in [0.2, 0.25) is 0 Å². The van der Waals surface area contributed by atoms with Gasteiger partial charge in [-0.3, -0.25) is 9.59 Å². The lowest BCUT2D eigenvalue weighted by molar-refractivity contribution is -0.121. The van der Waals surface area contributed by atoms with Crippen molar-refractivity contribution in [2.45, 2.75) is 26.3 Å². The molecule has 0 radical (unpaired) electrons. The van der Waals surface area contributed by atoms with Crippen molar-refractivity contribution in [3.63, 3.8) is 0 Å². The highest BCUT2D eigenvalue weighted by atomic mass is 19.1. The molecule has 1 aliphatic heterocycles. The Kier molecular flexibility index (Phi) is 3.86. The molecule has 1 heterocycles. The van der Waals surface area contributed by atoms with Crippen LogP contribution in [-0.4, -0.2) is 17.9 Å². The van der Waals surface area contributed by atoms with Gasteiger partial charge in [-0.25, -0.2) is 9.29 Å². The average Bonchev–Trinajstić information content (AvgIpc) is 2.79. The highest BCUT2D eigenvalue weighted by Gasteiger charge is 2.39. The number of hydrogen-bond donors (Lipinski definition) is 1. The number of rotatable bonds is 3. The van der Waals surface area contributed by atoms with E-state index in [2.05, 4.69) is 5.32 Å². The van der Waals surface area contributed by atoms with E-state index in [0.717, 1.165) is 21.7 Å². The zero-order valence-electron chi connectivity index (χ0n) is 13.0. The summed E-state index contributed by atoms with van der Waals surface area (Å²) in [5.74, 6) is -1.01. The summed E-state index contributed by atoms with van der Waals surface area (Å²) >= 11 is 0. The van der Waals surface area contributed by atoms with E-state index in [1.54, 1.807) is 0 Å². The first-order chi connectivity index (χ1) is 11.0. The summed E-state index contributed by atoms with van der Waals surface area (Å²) in [4.78, 5) is 25.9. The fourth-order valence-corrected chi connectivity index (χ4v) is 2.70. The van der Waals surface area contributed by atoms with Crippen molar-refractivity contribution in [2.75, 3.05) is 10.2 Å². The fraction of sp³-hybridized carbons (Fsp3) is 0.222. The molecule has 1 aliphatic rings. The van der Waals surface area contributed by atoms with Gasteiger partial charge >= 0.3 is 0 Å². The molecule has 1 N–H and O–H groups in total. The highest BCUT2D eigenvalue weighted by Crippen LogP contribution is 2.26. The SMILES string of the molecule is Cc1cccc(NC2CC(=O)N(c3ccc(F)cc3)C2=O)c1C. The maximum Gasteiger partial charge on any atom is 0.256 e. The third-order valence-corrected chi connectivity index (χ3v) is 4.17. The van der Waals surface area contributed by atoms with Gasteiger partial charge in [0, 0.05) is 5.69 Å². The molecule has 2 amide bonds. The van der Waals surface area contributed by atoms with Gasteiger partial charge in [0.1, 0.15) is 11.9 Å². The van der Waals surface area contributed by atoms with Crippen LogP contribution in [0, 0.1) is 19.7 Å². The molecule has 1 fully saturated rings. The molecule has 3 rings (SSSR count). The van der Waals surface area contributed by atoms with Gasteiger partial charge in [0.15, 0.2) is 0 Å². The molecule has 0 bridgehead atoms. The predicted molar refractivity (Wildman–Crippen MR) is 86.8 cm³/mol. The number of nitrogens with zero attached hydrogens (tertiary/aromatic N) is 1. The molecule has 1 atom stereocenters. The molecular formula is C18H17FN2O2. The van der Waals surface area contributed by atoms with Crippen LogP contribution < -0.4 is 10.2 Å². The predicted octanol–water partition coefficient (Wildman–Crippen LogP) is 3.19. The quantitative estimate of drug-likeness (QED) is 0.886. The molecule has 0 spiro atoms. The van der Waals surface area contributed by atoms with Gasteiger partial charge in [-0.1, -0.05) is 12.1 Å². The lowest BCUT2D eigenvalue weighted by Gasteiger charge is -2.17. The van der Waals surface area contributed by atoms with Crippen LogP contribution >= 0.6 is 0 Å². The van der Waals surface area contributed by atoms with Crippen LogP contribution in [0.1, 0.15) is 17.5 Å². The minimum Gasteiger partial charge on any atom is -0.373 e. The summed E-state index contributed by atoms with van der Waals surface area (Å²) in [6.45, 7) is 3.96. The van der Waals surface area contributed by atoms with E-state index in [1.807, 2.05) is 32.0 Å². The lowest BCUT2D eigenvalue weighted by Crippen LogP contribution is -2.34. The van der Waals surface area contributed by atoms with E-state index in [1.165, 1.54) is 24.3 Å². The first kappa shape index (κ1) is 15.2. The Balaban J connectivity index is 1.84. The van der Waals surface area contributed by atoms with E-state index in [9.17, 15) is 14.0 Å². The summed E-state index contributed by atoms with van der Waals surface area (Å²) in [5, 5.41) is 3.16. The molecule has 4 nitrogen and oxygen atoms in total. The van der Waals surface area contributed by atoms with Gasteiger partial charge < -0.3 is 5.32 Å². The monoisotopic (exact) mass is 312 g/mol. The molecule has 2 aromatic rings. The standard InChI is InChI=1S/C18H17FN2O2/c1-11-4-3-5-15(12(11)2)20-16-10-17(22)21(18(16)23)14-8-6-13(19)7-9-14/h3-9,16,20H,10H2,1-2H3. The number of benzene rings is 2. The van der Waals surface area contributed by atoms with E-state index >= 15 is 0 Å². The van der Waals surface area contributed by atoms with E-state index in [0.29, 0.717) is 5.69 Å². The maximum atomic E-state index is 13.0. The minimum atomic E-state index is -0.604. The first-order valence-corrected chi connectivity index (χ1v) is 7.42. The minimum absolute atomic E-state index is 0.0869. The topological polar surface area (TPSA) is 49.4 Å². The molecule has 0 aliphatic carbocycles. The van der Waals surface area contributed by atoms with Crippen molar-refractivity contribution in [2.24, 2.45) is 0 Å². The van der Waals surface area contributed by atoms with E-state index < -0.39 is 11.9 Å².